The first-order chi connectivity index (χ1) is 9.61. The summed E-state index contributed by atoms with van der Waals surface area (Å²) in [5.74, 6) is -0.229. The highest BCUT2D eigenvalue weighted by molar-refractivity contribution is 5.90. The van der Waals surface area contributed by atoms with Crippen LogP contribution in [0.5, 0.6) is 0 Å². The van der Waals surface area contributed by atoms with Gasteiger partial charge in [0.05, 0.1) is 13.0 Å². The Kier molecular flexibility index (Phi) is 4.40. The van der Waals surface area contributed by atoms with E-state index < -0.39 is 0 Å². The van der Waals surface area contributed by atoms with Crippen LogP contribution in [0.15, 0.2) is 30.5 Å². The zero-order chi connectivity index (χ0) is 14.5. The fourth-order valence-corrected chi connectivity index (χ4v) is 2.00. The van der Waals surface area contributed by atoms with Crippen molar-refractivity contribution >= 4 is 22.7 Å². The molecule has 0 atom stereocenters. The van der Waals surface area contributed by atoms with E-state index in [-0.39, 0.29) is 24.8 Å². The minimum atomic E-state index is -0.146. The van der Waals surface area contributed by atoms with Crippen molar-refractivity contribution in [3.8, 4) is 0 Å². The quantitative estimate of drug-likeness (QED) is 0.862. The molecular formula is C15H19N3O2. The Hall–Kier alpha value is -2.30. The molecule has 0 unspecified atom stereocenters. The number of carbonyl (C=O) groups is 2. The van der Waals surface area contributed by atoms with Gasteiger partial charge in [-0.15, -0.1) is 0 Å². The number of para-hydroxylation sites is 1. The van der Waals surface area contributed by atoms with Gasteiger partial charge in [0.1, 0.15) is 0 Å². The van der Waals surface area contributed by atoms with Crippen molar-refractivity contribution in [2.75, 3.05) is 20.1 Å². The molecule has 0 saturated heterocycles. The Morgan fingerprint density at radius 3 is 2.80 bits per heavy atom. The van der Waals surface area contributed by atoms with E-state index in [2.05, 4.69) is 10.3 Å². The number of fused-ring (bicyclic) bond motifs is 1. The number of rotatable bonds is 5. The lowest BCUT2D eigenvalue weighted by Gasteiger charge is -2.14. The maximum atomic E-state index is 11.9. The lowest BCUT2D eigenvalue weighted by molar-refractivity contribution is -0.131. The van der Waals surface area contributed by atoms with Gasteiger partial charge in [0.25, 0.3) is 0 Å². The molecule has 2 N–H and O–H groups in total. The molecule has 0 bridgehead atoms. The number of amides is 2. The monoisotopic (exact) mass is 273 g/mol. The zero-order valence-corrected chi connectivity index (χ0v) is 11.8. The summed E-state index contributed by atoms with van der Waals surface area (Å²) in [5, 5.41) is 3.70. The van der Waals surface area contributed by atoms with E-state index >= 15 is 0 Å². The molecular weight excluding hydrogens is 254 g/mol. The number of H-pyrrole nitrogens is 1. The van der Waals surface area contributed by atoms with Gasteiger partial charge < -0.3 is 15.2 Å². The molecule has 0 aliphatic carbocycles. The SMILES string of the molecule is CCN(C)C(=O)CNC(=O)Cc1c[nH]c2ccccc12. The molecule has 1 aromatic heterocycles. The summed E-state index contributed by atoms with van der Waals surface area (Å²) in [6, 6.07) is 7.83. The first-order valence-corrected chi connectivity index (χ1v) is 6.67. The van der Waals surface area contributed by atoms with Crippen molar-refractivity contribution in [1.82, 2.24) is 15.2 Å². The molecule has 1 aromatic carbocycles. The van der Waals surface area contributed by atoms with Crippen molar-refractivity contribution in [1.29, 1.82) is 0 Å². The molecule has 20 heavy (non-hydrogen) atoms. The van der Waals surface area contributed by atoms with Crippen molar-refractivity contribution in [2.45, 2.75) is 13.3 Å². The second-order valence-corrected chi connectivity index (χ2v) is 4.72. The van der Waals surface area contributed by atoms with Crippen LogP contribution in [0.3, 0.4) is 0 Å². The third kappa shape index (κ3) is 3.17. The van der Waals surface area contributed by atoms with Gasteiger partial charge in [0.2, 0.25) is 11.8 Å². The molecule has 0 saturated carbocycles. The number of benzene rings is 1. The second-order valence-electron chi connectivity index (χ2n) is 4.72. The van der Waals surface area contributed by atoms with Crippen LogP contribution in [0.1, 0.15) is 12.5 Å². The van der Waals surface area contributed by atoms with Crippen molar-refractivity contribution in [3.05, 3.63) is 36.0 Å². The lowest BCUT2D eigenvalue weighted by Crippen LogP contribution is -2.38. The molecule has 0 fully saturated rings. The van der Waals surface area contributed by atoms with Crippen molar-refractivity contribution < 1.29 is 9.59 Å². The minimum absolute atomic E-state index is 0.0472. The summed E-state index contributed by atoms with van der Waals surface area (Å²) >= 11 is 0. The molecule has 0 spiro atoms. The maximum absolute atomic E-state index is 11.9. The van der Waals surface area contributed by atoms with Crippen LogP contribution in [-0.4, -0.2) is 41.8 Å². The average Bonchev–Trinajstić information content (AvgIpc) is 2.87. The number of hydrogen-bond donors (Lipinski definition) is 2. The van der Waals surface area contributed by atoms with E-state index in [1.807, 2.05) is 37.4 Å². The summed E-state index contributed by atoms with van der Waals surface area (Å²) in [5.41, 5.74) is 1.95. The first kappa shape index (κ1) is 14.1. The third-order valence-electron chi connectivity index (χ3n) is 3.36. The predicted molar refractivity (Wildman–Crippen MR) is 78.3 cm³/mol. The molecule has 5 nitrogen and oxygen atoms in total. The number of nitrogens with zero attached hydrogens (tertiary/aromatic N) is 1. The van der Waals surface area contributed by atoms with Gasteiger partial charge in [-0.1, -0.05) is 18.2 Å². The number of likely N-dealkylation sites (N-methyl/N-ethyl adjacent to an activating group) is 1. The fraction of sp³-hybridized carbons (Fsp3) is 0.333. The molecule has 2 aromatic rings. The van der Waals surface area contributed by atoms with E-state index in [0.717, 1.165) is 16.5 Å². The zero-order valence-electron chi connectivity index (χ0n) is 11.8. The fourth-order valence-electron chi connectivity index (χ4n) is 2.00. The molecule has 0 aliphatic heterocycles. The molecule has 0 aliphatic rings. The second kappa shape index (κ2) is 6.23. The first-order valence-electron chi connectivity index (χ1n) is 6.67. The van der Waals surface area contributed by atoms with Crippen LogP contribution >= 0.6 is 0 Å². The molecule has 1 heterocycles. The molecule has 106 valence electrons. The normalized spacial score (nSPS) is 10.5. The van der Waals surface area contributed by atoms with E-state index in [1.54, 1.807) is 11.9 Å². The summed E-state index contributed by atoms with van der Waals surface area (Å²) in [6.07, 6.45) is 2.11. The highest BCUT2D eigenvalue weighted by Gasteiger charge is 2.11. The minimum Gasteiger partial charge on any atom is -0.361 e. The lowest BCUT2D eigenvalue weighted by atomic mass is 10.1. The van der Waals surface area contributed by atoms with Gasteiger partial charge >= 0.3 is 0 Å². The highest BCUT2D eigenvalue weighted by Crippen LogP contribution is 2.17. The maximum Gasteiger partial charge on any atom is 0.241 e. The van der Waals surface area contributed by atoms with Crippen LogP contribution < -0.4 is 5.32 Å². The van der Waals surface area contributed by atoms with E-state index in [1.165, 1.54) is 0 Å². The Morgan fingerprint density at radius 1 is 1.30 bits per heavy atom. The van der Waals surface area contributed by atoms with Gasteiger partial charge in [-0.2, -0.15) is 0 Å². The topological polar surface area (TPSA) is 65.2 Å². The van der Waals surface area contributed by atoms with Gasteiger partial charge in [-0.3, -0.25) is 9.59 Å². The third-order valence-corrected chi connectivity index (χ3v) is 3.36. The summed E-state index contributed by atoms with van der Waals surface area (Å²) < 4.78 is 0. The number of hydrogen-bond acceptors (Lipinski definition) is 2. The number of aromatic amines is 1. The molecule has 2 amide bonds. The molecule has 0 radical (unpaired) electrons. The predicted octanol–water partition coefficient (Wildman–Crippen LogP) is 1.30. The van der Waals surface area contributed by atoms with Gasteiger partial charge in [-0.05, 0) is 18.6 Å². The van der Waals surface area contributed by atoms with Gasteiger partial charge in [0.15, 0.2) is 0 Å². The van der Waals surface area contributed by atoms with E-state index in [9.17, 15) is 9.59 Å². The Morgan fingerprint density at radius 2 is 2.05 bits per heavy atom. The Labute approximate surface area is 118 Å². The summed E-state index contributed by atoms with van der Waals surface area (Å²) in [7, 11) is 1.72. The van der Waals surface area contributed by atoms with Gasteiger partial charge in [0, 0.05) is 30.7 Å². The van der Waals surface area contributed by atoms with Crippen LogP contribution in [0.2, 0.25) is 0 Å². The number of nitrogens with one attached hydrogen (secondary N) is 2. The highest BCUT2D eigenvalue weighted by atomic mass is 16.2. The Bertz CT molecular complexity index is 618. The van der Waals surface area contributed by atoms with Crippen LogP contribution in [-0.2, 0) is 16.0 Å². The van der Waals surface area contributed by atoms with Crippen LogP contribution in [0, 0.1) is 0 Å². The summed E-state index contributed by atoms with van der Waals surface area (Å²) in [6.45, 7) is 2.58. The van der Waals surface area contributed by atoms with Crippen LogP contribution in [0.25, 0.3) is 10.9 Å². The number of aromatic nitrogens is 1. The van der Waals surface area contributed by atoms with E-state index in [0.29, 0.717) is 6.54 Å². The van der Waals surface area contributed by atoms with E-state index in [4.69, 9.17) is 0 Å². The van der Waals surface area contributed by atoms with Gasteiger partial charge in [-0.25, -0.2) is 0 Å². The Balaban J connectivity index is 1.93. The summed E-state index contributed by atoms with van der Waals surface area (Å²) in [4.78, 5) is 28.2. The van der Waals surface area contributed by atoms with Crippen molar-refractivity contribution in [2.24, 2.45) is 0 Å². The largest absolute Gasteiger partial charge is 0.361 e. The standard InChI is InChI=1S/C15H19N3O2/c1-3-18(2)15(20)10-17-14(19)8-11-9-16-13-7-5-4-6-12(11)13/h4-7,9,16H,3,8,10H2,1-2H3,(H,17,19). The number of carbonyl (C=O) groups excluding carboxylic acids is 2. The van der Waals surface area contributed by atoms with Crippen molar-refractivity contribution in [3.63, 3.8) is 0 Å². The smallest absolute Gasteiger partial charge is 0.241 e. The average molecular weight is 273 g/mol. The molecule has 5 heteroatoms. The molecule has 2 rings (SSSR count). The van der Waals surface area contributed by atoms with Crippen LogP contribution in [0.4, 0.5) is 0 Å².